The number of allylic oxidation sites excluding steroid dienone is 2. The molecule has 0 spiro atoms. The molecule has 0 N–H and O–H groups in total. The summed E-state index contributed by atoms with van der Waals surface area (Å²) in [4.78, 5) is 11.6. The fourth-order valence-corrected chi connectivity index (χ4v) is 1.67. The standard InChI is InChI=1S/C12H18O2S/c1-3-4-8-14-11(13)10-6-5-7-12(2,15)9-10/h5-7,15H,3-4,8-9H2,1-2H3. The Balaban J connectivity index is 2.47. The van der Waals surface area contributed by atoms with Crippen molar-refractivity contribution < 1.29 is 9.53 Å². The summed E-state index contributed by atoms with van der Waals surface area (Å²) in [5.74, 6) is -0.201. The van der Waals surface area contributed by atoms with E-state index in [0.29, 0.717) is 18.6 Å². The van der Waals surface area contributed by atoms with Crippen LogP contribution in [-0.4, -0.2) is 17.3 Å². The van der Waals surface area contributed by atoms with Crippen molar-refractivity contribution in [3.05, 3.63) is 23.8 Å². The zero-order valence-electron chi connectivity index (χ0n) is 9.32. The van der Waals surface area contributed by atoms with Crippen LogP contribution in [0.1, 0.15) is 33.1 Å². The van der Waals surface area contributed by atoms with Crippen LogP contribution in [0, 0.1) is 0 Å². The van der Waals surface area contributed by atoms with Gasteiger partial charge in [-0.2, -0.15) is 12.6 Å². The van der Waals surface area contributed by atoms with Crippen LogP contribution in [0.2, 0.25) is 0 Å². The Kier molecular flexibility index (Phi) is 4.45. The van der Waals surface area contributed by atoms with Crippen molar-refractivity contribution in [1.82, 2.24) is 0 Å². The average Bonchev–Trinajstić information content (AvgIpc) is 2.16. The van der Waals surface area contributed by atoms with Gasteiger partial charge in [0.1, 0.15) is 0 Å². The van der Waals surface area contributed by atoms with Crippen molar-refractivity contribution in [3.8, 4) is 0 Å². The number of unbranched alkanes of at least 4 members (excludes halogenated alkanes) is 1. The first-order chi connectivity index (χ1) is 7.05. The Morgan fingerprint density at radius 3 is 3.00 bits per heavy atom. The fraction of sp³-hybridized carbons (Fsp3) is 0.583. The summed E-state index contributed by atoms with van der Waals surface area (Å²) in [7, 11) is 0. The summed E-state index contributed by atoms with van der Waals surface area (Å²) in [6, 6.07) is 0. The third-order valence-corrected chi connectivity index (χ3v) is 2.60. The summed E-state index contributed by atoms with van der Waals surface area (Å²) in [5, 5.41) is 0. The molecule has 1 unspecified atom stereocenters. The molecule has 84 valence electrons. The smallest absolute Gasteiger partial charge is 0.334 e. The molecule has 0 radical (unpaired) electrons. The highest BCUT2D eigenvalue weighted by atomic mass is 32.1. The molecule has 15 heavy (non-hydrogen) atoms. The lowest BCUT2D eigenvalue weighted by molar-refractivity contribution is -0.139. The van der Waals surface area contributed by atoms with Gasteiger partial charge in [0.15, 0.2) is 0 Å². The lowest BCUT2D eigenvalue weighted by atomic mass is 9.95. The van der Waals surface area contributed by atoms with Gasteiger partial charge >= 0.3 is 5.97 Å². The molecule has 0 heterocycles. The van der Waals surface area contributed by atoms with E-state index in [2.05, 4.69) is 19.6 Å². The highest BCUT2D eigenvalue weighted by Gasteiger charge is 2.24. The molecule has 0 aliphatic heterocycles. The largest absolute Gasteiger partial charge is 0.462 e. The van der Waals surface area contributed by atoms with Gasteiger partial charge in [0, 0.05) is 10.3 Å². The van der Waals surface area contributed by atoms with Gasteiger partial charge in [-0.05, 0) is 19.8 Å². The average molecular weight is 226 g/mol. The van der Waals surface area contributed by atoms with Crippen LogP contribution in [0.5, 0.6) is 0 Å². The SMILES string of the molecule is CCCCOC(=O)C1=CC=CC(C)(S)C1. The molecule has 0 saturated carbocycles. The zero-order chi connectivity index (χ0) is 11.3. The van der Waals surface area contributed by atoms with Gasteiger partial charge in [0.05, 0.1) is 6.61 Å². The summed E-state index contributed by atoms with van der Waals surface area (Å²) < 4.78 is 4.91. The number of carbonyl (C=O) groups excluding carboxylic acids is 1. The first-order valence-electron chi connectivity index (χ1n) is 5.33. The van der Waals surface area contributed by atoms with Crippen LogP contribution in [0.4, 0.5) is 0 Å². The van der Waals surface area contributed by atoms with Crippen molar-refractivity contribution in [2.45, 2.75) is 37.9 Å². The highest BCUT2D eigenvalue weighted by molar-refractivity contribution is 7.82. The number of esters is 1. The van der Waals surface area contributed by atoms with Crippen molar-refractivity contribution >= 4 is 18.6 Å². The quantitative estimate of drug-likeness (QED) is 0.453. The maximum Gasteiger partial charge on any atom is 0.334 e. The van der Waals surface area contributed by atoms with Gasteiger partial charge in [-0.15, -0.1) is 0 Å². The van der Waals surface area contributed by atoms with Crippen molar-refractivity contribution in [2.75, 3.05) is 6.61 Å². The van der Waals surface area contributed by atoms with E-state index in [9.17, 15) is 4.79 Å². The molecule has 0 bridgehead atoms. The van der Waals surface area contributed by atoms with Crippen molar-refractivity contribution in [1.29, 1.82) is 0 Å². The molecule has 0 aromatic heterocycles. The minimum atomic E-state index is -0.228. The second kappa shape index (κ2) is 5.40. The minimum Gasteiger partial charge on any atom is -0.462 e. The number of hydrogen-bond donors (Lipinski definition) is 1. The van der Waals surface area contributed by atoms with Crippen LogP contribution in [0.15, 0.2) is 23.8 Å². The number of ether oxygens (including phenoxy) is 1. The second-order valence-corrected chi connectivity index (χ2v) is 5.10. The lowest BCUT2D eigenvalue weighted by Crippen LogP contribution is -2.21. The number of rotatable bonds is 4. The molecule has 0 amide bonds. The van der Waals surface area contributed by atoms with Crippen LogP contribution >= 0.6 is 12.6 Å². The molecular weight excluding hydrogens is 208 g/mol. The lowest BCUT2D eigenvalue weighted by Gasteiger charge is -2.23. The van der Waals surface area contributed by atoms with Crippen LogP contribution in [0.25, 0.3) is 0 Å². The van der Waals surface area contributed by atoms with Gasteiger partial charge in [-0.25, -0.2) is 4.79 Å². The van der Waals surface area contributed by atoms with Crippen LogP contribution in [0.3, 0.4) is 0 Å². The van der Waals surface area contributed by atoms with E-state index in [1.54, 1.807) is 0 Å². The Labute approximate surface area is 96.8 Å². The Morgan fingerprint density at radius 2 is 2.40 bits per heavy atom. The Hall–Kier alpha value is -0.700. The normalized spacial score (nSPS) is 24.9. The highest BCUT2D eigenvalue weighted by Crippen LogP contribution is 2.28. The molecule has 0 aromatic carbocycles. The Bertz CT molecular complexity index is 290. The third kappa shape index (κ3) is 4.12. The van der Waals surface area contributed by atoms with Crippen molar-refractivity contribution in [2.24, 2.45) is 0 Å². The maximum absolute atomic E-state index is 11.6. The molecule has 1 aliphatic rings. The van der Waals surface area contributed by atoms with Gasteiger partial charge in [-0.1, -0.05) is 31.6 Å². The molecule has 2 nitrogen and oxygen atoms in total. The molecule has 1 aliphatic carbocycles. The minimum absolute atomic E-state index is 0.201. The molecular formula is C12H18O2S. The van der Waals surface area contributed by atoms with Crippen molar-refractivity contribution in [3.63, 3.8) is 0 Å². The van der Waals surface area contributed by atoms with Gasteiger partial charge in [0.25, 0.3) is 0 Å². The number of thiol groups is 1. The molecule has 0 saturated heterocycles. The Morgan fingerprint density at radius 1 is 1.67 bits per heavy atom. The molecule has 1 rings (SSSR count). The predicted octanol–water partition coefficient (Wildman–Crippen LogP) is 2.90. The molecule has 0 fully saturated rings. The van der Waals surface area contributed by atoms with Gasteiger partial charge in [-0.3, -0.25) is 0 Å². The summed E-state index contributed by atoms with van der Waals surface area (Å²) in [6.45, 7) is 4.57. The third-order valence-electron chi connectivity index (χ3n) is 2.29. The number of carbonyl (C=O) groups is 1. The number of hydrogen-bond acceptors (Lipinski definition) is 3. The van der Waals surface area contributed by atoms with E-state index in [1.807, 2.05) is 25.2 Å². The van der Waals surface area contributed by atoms with E-state index >= 15 is 0 Å². The van der Waals surface area contributed by atoms with E-state index in [-0.39, 0.29) is 10.7 Å². The fourth-order valence-electron chi connectivity index (χ4n) is 1.42. The zero-order valence-corrected chi connectivity index (χ0v) is 10.2. The van der Waals surface area contributed by atoms with Crippen LogP contribution < -0.4 is 0 Å². The first-order valence-corrected chi connectivity index (χ1v) is 5.78. The van der Waals surface area contributed by atoms with Gasteiger partial charge in [0.2, 0.25) is 0 Å². The van der Waals surface area contributed by atoms with Crippen LogP contribution in [-0.2, 0) is 9.53 Å². The molecule has 1 atom stereocenters. The van der Waals surface area contributed by atoms with E-state index in [0.717, 1.165) is 12.8 Å². The van der Waals surface area contributed by atoms with E-state index < -0.39 is 0 Å². The maximum atomic E-state index is 11.6. The monoisotopic (exact) mass is 226 g/mol. The molecule has 0 aromatic rings. The predicted molar refractivity (Wildman–Crippen MR) is 65.1 cm³/mol. The molecule has 3 heteroatoms. The van der Waals surface area contributed by atoms with E-state index in [4.69, 9.17) is 4.74 Å². The summed E-state index contributed by atoms with van der Waals surface area (Å²) >= 11 is 4.45. The summed E-state index contributed by atoms with van der Waals surface area (Å²) in [6.07, 6.45) is 8.26. The topological polar surface area (TPSA) is 26.3 Å². The second-order valence-electron chi connectivity index (χ2n) is 4.07. The summed E-state index contributed by atoms with van der Waals surface area (Å²) in [5.41, 5.74) is 0.714. The van der Waals surface area contributed by atoms with E-state index in [1.165, 1.54) is 0 Å². The van der Waals surface area contributed by atoms with Gasteiger partial charge < -0.3 is 4.74 Å². The first kappa shape index (κ1) is 12.4.